The molecule has 16 heavy (non-hydrogen) atoms. The summed E-state index contributed by atoms with van der Waals surface area (Å²) in [6.45, 7) is 3.25. The lowest BCUT2D eigenvalue weighted by Crippen LogP contribution is -2.22. The van der Waals surface area contributed by atoms with Gasteiger partial charge >= 0.3 is 0 Å². The normalized spacial score (nSPS) is 19.1. The van der Waals surface area contributed by atoms with Gasteiger partial charge in [0.2, 0.25) is 0 Å². The Morgan fingerprint density at radius 1 is 1.44 bits per heavy atom. The van der Waals surface area contributed by atoms with Gasteiger partial charge in [-0.2, -0.15) is 11.3 Å². The largest absolute Gasteiger partial charge is 0.310 e. The lowest BCUT2D eigenvalue weighted by Gasteiger charge is -2.21. The van der Waals surface area contributed by atoms with Crippen molar-refractivity contribution in [3.05, 3.63) is 20.8 Å². The van der Waals surface area contributed by atoms with Crippen molar-refractivity contribution in [1.29, 1.82) is 0 Å². The van der Waals surface area contributed by atoms with Crippen molar-refractivity contribution in [2.24, 2.45) is 5.92 Å². The highest BCUT2D eigenvalue weighted by atomic mass is 79.9. The minimum absolute atomic E-state index is 0.550. The molecule has 1 aromatic heterocycles. The topological polar surface area (TPSA) is 12.0 Å². The number of hydrogen-bond donors (Lipinski definition) is 1. The molecule has 1 unspecified atom stereocenters. The fraction of sp³-hybridized carbons (Fsp3) is 0.692. The molecule has 1 heterocycles. The number of rotatable bonds is 5. The van der Waals surface area contributed by atoms with E-state index < -0.39 is 0 Å². The lowest BCUT2D eigenvalue weighted by atomic mass is 9.95. The Labute approximate surface area is 111 Å². The van der Waals surface area contributed by atoms with E-state index in [1.165, 1.54) is 42.1 Å². The smallest absolute Gasteiger partial charge is 0.0342 e. The molecule has 0 amide bonds. The average Bonchev–Trinajstić information content (AvgIpc) is 2.88. The van der Waals surface area contributed by atoms with Crippen LogP contribution in [0.3, 0.4) is 0 Å². The Morgan fingerprint density at radius 3 is 2.75 bits per heavy atom. The quantitative estimate of drug-likeness (QED) is 0.828. The van der Waals surface area contributed by atoms with E-state index in [1.807, 2.05) is 0 Å². The van der Waals surface area contributed by atoms with E-state index in [2.05, 4.69) is 38.9 Å². The van der Waals surface area contributed by atoms with Gasteiger partial charge in [-0.1, -0.05) is 32.6 Å². The van der Waals surface area contributed by atoms with E-state index in [-0.39, 0.29) is 0 Å². The van der Waals surface area contributed by atoms with E-state index >= 15 is 0 Å². The van der Waals surface area contributed by atoms with E-state index in [4.69, 9.17) is 0 Å². The molecular weight excluding hydrogens is 282 g/mol. The van der Waals surface area contributed by atoms with Gasteiger partial charge in [0.25, 0.3) is 0 Å². The van der Waals surface area contributed by atoms with Crippen LogP contribution in [-0.2, 0) is 0 Å². The predicted molar refractivity (Wildman–Crippen MR) is 75.0 cm³/mol. The molecule has 1 aliphatic carbocycles. The van der Waals surface area contributed by atoms with Crippen molar-refractivity contribution in [1.82, 2.24) is 5.32 Å². The zero-order valence-corrected chi connectivity index (χ0v) is 12.2. The third-order valence-electron chi connectivity index (χ3n) is 3.51. The lowest BCUT2D eigenvalue weighted by molar-refractivity contribution is 0.400. The summed E-state index contributed by atoms with van der Waals surface area (Å²) in [4.78, 5) is 0. The summed E-state index contributed by atoms with van der Waals surface area (Å²) in [5, 5.41) is 8.10. The van der Waals surface area contributed by atoms with Crippen molar-refractivity contribution in [3.8, 4) is 0 Å². The second-order valence-electron chi connectivity index (χ2n) is 4.67. The first-order valence-electron chi connectivity index (χ1n) is 6.26. The van der Waals surface area contributed by atoms with Gasteiger partial charge in [0.05, 0.1) is 0 Å². The molecule has 3 heteroatoms. The first kappa shape index (κ1) is 12.6. The Hall–Kier alpha value is 0.140. The molecule has 0 saturated heterocycles. The molecule has 0 aliphatic heterocycles. The molecule has 1 nitrogen and oxygen atoms in total. The standard InChI is InChI=1S/C13H20BrNS/c1-2-15-13(7-10-5-3-4-6-10)11-8-16-9-12(11)14/h8-10,13,15H,2-7H2,1H3. The summed E-state index contributed by atoms with van der Waals surface area (Å²) in [7, 11) is 0. The van der Waals surface area contributed by atoms with Gasteiger partial charge in [0.15, 0.2) is 0 Å². The van der Waals surface area contributed by atoms with Gasteiger partial charge in [-0.3, -0.25) is 0 Å². The van der Waals surface area contributed by atoms with Crippen LogP contribution >= 0.6 is 27.3 Å². The van der Waals surface area contributed by atoms with Crippen LogP contribution < -0.4 is 5.32 Å². The van der Waals surface area contributed by atoms with Crippen molar-refractivity contribution < 1.29 is 0 Å². The van der Waals surface area contributed by atoms with Crippen molar-refractivity contribution >= 4 is 27.3 Å². The molecule has 0 bridgehead atoms. The second-order valence-corrected chi connectivity index (χ2v) is 6.27. The Balaban J connectivity index is 2.01. The Kier molecular flexibility index (Phi) is 4.86. The van der Waals surface area contributed by atoms with Gasteiger partial charge in [-0.25, -0.2) is 0 Å². The van der Waals surface area contributed by atoms with Crippen LogP contribution in [0.15, 0.2) is 15.2 Å². The van der Waals surface area contributed by atoms with Crippen LogP contribution in [0.4, 0.5) is 0 Å². The molecule has 1 saturated carbocycles. The molecular formula is C13H20BrNS. The SMILES string of the molecule is CCNC(CC1CCCC1)c1cscc1Br. The maximum Gasteiger partial charge on any atom is 0.0342 e. The maximum absolute atomic E-state index is 3.66. The van der Waals surface area contributed by atoms with Gasteiger partial charge in [0.1, 0.15) is 0 Å². The minimum atomic E-state index is 0.550. The highest BCUT2D eigenvalue weighted by molar-refractivity contribution is 9.10. The number of nitrogens with one attached hydrogen (secondary N) is 1. The third kappa shape index (κ3) is 3.08. The molecule has 2 rings (SSSR count). The first-order valence-corrected chi connectivity index (χ1v) is 7.99. The third-order valence-corrected chi connectivity index (χ3v) is 5.26. The van der Waals surface area contributed by atoms with E-state index in [0.29, 0.717) is 6.04 Å². The highest BCUT2D eigenvalue weighted by Crippen LogP contribution is 2.36. The number of halogens is 1. The molecule has 1 aromatic rings. The number of hydrogen-bond acceptors (Lipinski definition) is 2. The monoisotopic (exact) mass is 301 g/mol. The maximum atomic E-state index is 3.66. The summed E-state index contributed by atoms with van der Waals surface area (Å²) in [5.41, 5.74) is 1.46. The van der Waals surface area contributed by atoms with Crippen LogP contribution in [0, 0.1) is 5.92 Å². The van der Waals surface area contributed by atoms with Crippen LogP contribution in [-0.4, -0.2) is 6.54 Å². The van der Waals surface area contributed by atoms with E-state index in [1.54, 1.807) is 11.3 Å². The predicted octanol–water partition coefficient (Wildman–Crippen LogP) is 4.74. The zero-order valence-electron chi connectivity index (χ0n) is 9.84. The summed E-state index contributed by atoms with van der Waals surface area (Å²) in [6, 6.07) is 0.550. The molecule has 0 radical (unpaired) electrons. The van der Waals surface area contributed by atoms with E-state index in [0.717, 1.165) is 12.5 Å². The van der Waals surface area contributed by atoms with Crippen molar-refractivity contribution in [2.75, 3.05) is 6.54 Å². The van der Waals surface area contributed by atoms with Gasteiger partial charge < -0.3 is 5.32 Å². The summed E-state index contributed by atoms with van der Waals surface area (Å²) < 4.78 is 1.28. The molecule has 90 valence electrons. The fourth-order valence-corrected chi connectivity index (χ4v) is 4.31. The van der Waals surface area contributed by atoms with Crippen LogP contribution in [0.25, 0.3) is 0 Å². The average molecular weight is 302 g/mol. The zero-order chi connectivity index (χ0) is 11.4. The molecule has 0 spiro atoms. The van der Waals surface area contributed by atoms with Gasteiger partial charge in [0, 0.05) is 15.9 Å². The highest BCUT2D eigenvalue weighted by Gasteiger charge is 2.22. The van der Waals surface area contributed by atoms with E-state index in [9.17, 15) is 0 Å². The van der Waals surface area contributed by atoms with Crippen LogP contribution in [0.2, 0.25) is 0 Å². The molecule has 1 N–H and O–H groups in total. The summed E-state index contributed by atoms with van der Waals surface area (Å²) in [6.07, 6.45) is 7.05. The molecule has 1 atom stereocenters. The first-order chi connectivity index (χ1) is 7.81. The van der Waals surface area contributed by atoms with Crippen LogP contribution in [0.1, 0.15) is 50.6 Å². The van der Waals surface area contributed by atoms with Gasteiger partial charge in [-0.15, -0.1) is 0 Å². The minimum Gasteiger partial charge on any atom is -0.310 e. The number of thiophene rings is 1. The Bertz CT molecular complexity index is 317. The summed E-state index contributed by atoms with van der Waals surface area (Å²) >= 11 is 5.45. The second kappa shape index (κ2) is 6.18. The molecule has 1 fully saturated rings. The fourth-order valence-electron chi connectivity index (χ4n) is 2.69. The molecule has 0 aromatic carbocycles. The Morgan fingerprint density at radius 2 is 2.19 bits per heavy atom. The van der Waals surface area contributed by atoms with Crippen molar-refractivity contribution in [3.63, 3.8) is 0 Å². The van der Waals surface area contributed by atoms with Gasteiger partial charge in [-0.05, 0) is 45.8 Å². The summed E-state index contributed by atoms with van der Waals surface area (Å²) in [5.74, 6) is 0.941. The molecule has 1 aliphatic rings. The van der Waals surface area contributed by atoms with Crippen LogP contribution in [0.5, 0.6) is 0 Å². The van der Waals surface area contributed by atoms with Crippen molar-refractivity contribution in [2.45, 2.75) is 45.1 Å².